The number of hydrogen-bond donors (Lipinski definition) is 1. The van der Waals surface area contributed by atoms with E-state index in [0.29, 0.717) is 12.0 Å². The fraction of sp³-hybridized carbons (Fsp3) is 0.400. The molecule has 0 radical (unpaired) electrons. The lowest BCUT2D eigenvalue weighted by Crippen LogP contribution is -2.33. The minimum Gasteiger partial charge on any atom is -0.418 e. The van der Waals surface area contributed by atoms with Crippen LogP contribution in [0.5, 0.6) is 0 Å². The van der Waals surface area contributed by atoms with E-state index in [2.05, 4.69) is 5.32 Å². The Hall–Kier alpha value is -1.59. The van der Waals surface area contributed by atoms with Gasteiger partial charge in [-0.3, -0.25) is 4.79 Å². The van der Waals surface area contributed by atoms with Gasteiger partial charge in [0.1, 0.15) is 6.04 Å². The lowest BCUT2D eigenvalue weighted by Gasteiger charge is -2.10. The Labute approximate surface area is 123 Å². The molecular weight excluding hydrogens is 274 g/mol. The molecule has 1 aromatic carbocycles. The van der Waals surface area contributed by atoms with Crippen LogP contribution in [0.4, 0.5) is 0 Å². The Balaban J connectivity index is 1.75. The summed E-state index contributed by atoms with van der Waals surface area (Å²) in [5, 5.41) is 3.24. The molecule has 5 heteroatoms. The number of hydrogen-bond acceptors (Lipinski definition) is 5. The molecule has 0 bridgehead atoms. The van der Waals surface area contributed by atoms with Crippen molar-refractivity contribution in [2.45, 2.75) is 31.7 Å². The second-order valence-corrected chi connectivity index (χ2v) is 5.19. The van der Waals surface area contributed by atoms with Gasteiger partial charge in [0.05, 0.1) is 0 Å². The van der Waals surface area contributed by atoms with E-state index in [-0.39, 0.29) is 29.3 Å². The van der Waals surface area contributed by atoms with Gasteiger partial charge in [-0.05, 0) is 31.6 Å². The number of carbonyl (C=O) groups is 2. The van der Waals surface area contributed by atoms with E-state index in [1.807, 2.05) is 18.2 Å². The number of esters is 1. The van der Waals surface area contributed by atoms with Crippen LogP contribution in [0.25, 0.3) is 0 Å². The van der Waals surface area contributed by atoms with Crippen molar-refractivity contribution in [3.8, 4) is 0 Å². The number of carbonyl (C=O) groups excluding carboxylic acids is 2. The molecule has 1 fully saturated rings. The van der Waals surface area contributed by atoms with Crippen molar-refractivity contribution < 1.29 is 14.3 Å². The molecule has 20 heavy (non-hydrogen) atoms. The fourth-order valence-electron chi connectivity index (χ4n) is 2.10. The molecule has 0 saturated carbocycles. The molecule has 1 aliphatic rings. The highest BCUT2D eigenvalue weighted by Gasteiger charge is 2.24. The number of ether oxygens (including phenoxy) is 1. The van der Waals surface area contributed by atoms with Crippen LogP contribution >= 0.6 is 12.2 Å². The molecule has 0 unspecified atom stereocenters. The summed E-state index contributed by atoms with van der Waals surface area (Å²) in [4.78, 5) is 23.6. The van der Waals surface area contributed by atoms with E-state index in [9.17, 15) is 9.59 Å². The summed E-state index contributed by atoms with van der Waals surface area (Å²) < 4.78 is 5.10. The number of benzene rings is 1. The number of rotatable bonds is 5. The first-order chi connectivity index (χ1) is 9.66. The molecule has 1 aliphatic heterocycles. The highest BCUT2D eigenvalue weighted by Crippen LogP contribution is 2.10. The molecule has 1 aromatic rings. The van der Waals surface area contributed by atoms with Crippen LogP contribution in [-0.4, -0.2) is 29.4 Å². The van der Waals surface area contributed by atoms with E-state index < -0.39 is 0 Å². The lowest BCUT2D eigenvalue weighted by atomic mass is 10.1. The van der Waals surface area contributed by atoms with Crippen molar-refractivity contribution in [2.75, 3.05) is 6.54 Å². The molecule has 0 aromatic heterocycles. The Bertz CT molecular complexity index is 495. The average Bonchev–Trinajstić information content (AvgIpc) is 3.00. The van der Waals surface area contributed by atoms with Gasteiger partial charge in [0.15, 0.2) is 10.8 Å². The van der Waals surface area contributed by atoms with E-state index in [0.717, 1.165) is 19.4 Å². The average molecular weight is 291 g/mol. The van der Waals surface area contributed by atoms with Crippen molar-refractivity contribution in [3.05, 3.63) is 35.9 Å². The zero-order valence-corrected chi connectivity index (χ0v) is 11.9. The molecule has 1 atom stereocenters. The van der Waals surface area contributed by atoms with Gasteiger partial charge in [-0.1, -0.05) is 30.3 Å². The third-order valence-electron chi connectivity index (χ3n) is 3.21. The Morgan fingerprint density at radius 3 is 2.65 bits per heavy atom. The smallest absolute Gasteiger partial charge is 0.329 e. The van der Waals surface area contributed by atoms with Crippen LogP contribution in [0.3, 0.4) is 0 Å². The highest BCUT2D eigenvalue weighted by atomic mass is 32.1. The number of nitrogens with one attached hydrogen (secondary N) is 1. The molecule has 2 rings (SSSR count). The van der Waals surface area contributed by atoms with Crippen LogP contribution < -0.4 is 5.32 Å². The molecule has 4 nitrogen and oxygen atoms in total. The predicted octanol–water partition coefficient (Wildman–Crippen LogP) is 2.27. The van der Waals surface area contributed by atoms with Crippen molar-refractivity contribution in [1.29, 1.82) is 0 Å². The summed E-state index contributed by atoms with van der Waals surface area (Å²) in [7, 11) is 0. The Morgan fingerprint density at radius 1 is 1.25 bits per heavy atom. The largest absolute Gasteiger partial charge is 0.418 e. The van der Waals surface area contributed by atoms with Gasteiger partial charge >= 0.3 is 5.97 Å². The van der Waals surface area contributed by atoms with E-state index in [4.69, 9.17) is 17.0 Å². The van der Waals surface area contributed by atoms with Gasteiger partial charge in [-0.2, -0.15) is 0 Å². The maximum absolute atomic E-state index is 11.9. The summed E-state index contributed by atoms with van der Waals surface area (Å²) in [5.41, 5.74) is 0.652. The van der Waals surface area contributed by atoms with Crippen LogP contribution in [0.15, 0.2) is 30.3 Å². The maximum Gasteiger partial charge on any atom is 0.329 e. The Kier molecular flexibility index (Phi) is 5.38. The molecule has 1 N–H and O–H groups in total. The molecule has 1 saturated heterocycles. The van der Waals surface area contributed by atoms with E-state index in [1.54, 1.807) is 12.1 Å². The summed E-state index contributed by atoms with van der Waals surface area (Å²) in [6.07, 6.45) is 2.30. The normalized spacial score (nSPS) is 17.7. The lowest BCUT2D eigenvalue weighted by molar-refractivity contribution is -0.137. The standard InChI is InChI=1S/C15H17NO3S/c17-13(11-5-2-1-3-6-11)8-9-14(20)19-15(18)12-7-4-10-16-12/h1-3,5-6,12,16H,4,7-10H2/t12-/m0/s1. The summed E-state index contributed by atoms with van der Waals surface area (Å²) in [5.74, 6) is -0.331. The van der Waals surface area contributed by atoms with E-state index in [1.165, 1.54) is 0 Å². The highest BCUT2D eigenvalue weighted by molar-refractivity contribution is 7.80. The van der Waals surface area contributed by atoms with Gasteiger partial charge in [0.25, 0.3) is 0 Å². The minimum atomic E-state index is -0.334. The van der Waals surface area contributed by atoms with Crippen molar-refractivity contribution in [3.63, 3.8) is 0 Å². The predicted molar refractivity (Wildman–Crippen MR) is 79.7 cm³/mol. The maximum atomic E-state index is 11.9. The summed E-state index contributed by atoms with van der Waals surface area (Å²) in [6.45, 7) is 0.832. The quantitative estimate of drug-likeness (QED) is 0.512. The van der Waals surface area contributed by atoms with Crippen molar-refractivity contribution in [2.24, 2.45) is 0 Å². The second kappa shape index (κ2) is 7.26. The number of ketones is 1. The topological polar surface area (TPSA) is 55.4 Å². The third-order valence-corrected chi connectivity index (χ3v) is 3.50. The zero-order chi connectivity index (χ0) is 14.4. The van der Waals surface area contributed by atoms with Gasteiger partial charge in [-0.15, -0.1) is 0 Å². The van der Waals surface area contributed by atoms with Gasteiger partial charge in [0.2, 0.25) is 0 Å². The molecule has 0 amide bonds. The first-order valence-electron chi connectivity index (χ1n) is 6.73. The van der Waals surface area contributed by atoms with Crippen LogP contribution in [0.2, 0.25) is 0 Å². The SMILES string of the molecule is O=C(CCC(=S)OC(=O)[C@@H]1CCCN1)c1ccccc1. The van der Waals surface area contributed by atoms with Gasteiger partial charge < -0.3 is 10.1 Å². The van der Waals surface area contributed by atoms with Crippen LogP contribution in [0, 0.1) is 0 Å². The first kappa shape index (κ1) is 14.8. The molecular formula is C15H17NO3S. The van der Waals surface area contributed by atoms with Crippen LogP contribution in [0.1, 0.15) is 36.0 Å². The summed E-state index contributed by atoms with van der Waals surface area (Å²) >= 11 is 5.01. The van der Waals surface area contributed by atoms with E-state index >= 15 is 0 Å². The second-order valence-electron chi connectivity index (χ2n) is 4.73. The molecule has 1 heterocycles. The number of thiocarbonyl (C=S) groups is 1. The molecule has 0 aliphatic carbocycles. The summed E-state index contributed by atoms with van der Waals surface area (Å²) in [6, 6.07) is 8.77. The Morgan fingerprint density at radius 2 is 2.00 bits per heavy atom. The third kappa shape index (κ3) is 4.21. The molecule has 106 valence electrons. The van der Waals surface area contributed by atoms with Gasteiger partial charge in [-0.25, -0.2) is 4.79 Å². The fourth-order valence-corrected chi connectivity index (χ4v) is 2.29. The van der Waals surface area contributed by atoms with Gasteiger partial charge in [0, 0.05) is 18.4 Å². The monoisotopic (exact) mass is 291 g/mol. The minimum absolute atomic E-state index is 0.00277. The number of Topliss-reactive ketones (excluding diaryl/α,β-unsaturated/α-hetero) is 1. The first-order valence-corrected chi connectivity index (χ1v) is 7.14. The molecule has 0 spiro atoms. The van der Waals surface area contributed by atoms with Crippen LogP contribution in [-0.2, 0) is 9.53 Å². The zero-order valence-electron chi connectivity index (χ0n) is 11.1. The van der Waals surface area contributed by atoms with Crippen molar-refractivity contribution in [1.82, 2.24) is 5.32 Å². The van der Waals surface area contributed by atoms with Crippen molar-refractivity contribution >= 4 is 29.0 Å².